The van der Waals surface area contributed by atoms with Gasteiger partial charge in [-0.25, -0.2) is 4.98 Å². The van der Waals surface area contributed by atoms with Crippen LogP contribution < -0.4 is 15.6 Å². The topological polar surface area (TPSA) is 97.0 Å². The quantitative estimate of drug-likeness (QED) is 0.598. The number of amides is 1. The lowest BCUT2D eigenvalue weighted by molar-refractivity contribution is -0.121. The van der Waals surface area contributed by atoms with E-state index >= 15 is 0 Å². The highest BCUT2D eigenvalue weighted by atomic mass is 16.5. The summed E-state index contributed by atoms with van der Waals surface area (Å²) in [7, 11) is 0. The summed E-state index contributed by atoms with van der Waals surface area (Å²) >= 11 is 0. The highest BCUT2D eigenvalue weighted by Crippen LogP contribution is 2.18. The van der Waals surface area contributed by atoms with E-state index in [2.05, 4.69) is 20.3 Å². The smallest absolute Gasteiger partial charge is 0.254 e. The molecule has 0 spiro atoms. The van der Waals surface area contributed by atoms with E-state index in [0.717, 1.165) is 16.9 Å². The van der Waals surface area contributed by atoms with Crippen LogP contribution in [-0.2, 0) is 11.2 Å². The summed E-state index contributed by atoms with van der Waals surface area (Å²) in [4.78, 5) is 36.2. The number of ether oxygens (including phenoxy) is 1. The standard InChI is InChI=1S/C23H26N4O3/c1-4-30-19-7-5-17(6-8-19)15(2)25-21(28)10-9-20-16(3)26-22(27-23(20)29)18-11-13-24-14-12-18/h5-8,11-15H,4,9-10H2,1-3H3,(H,25,28)(H,26,27,29). The fourth-order valence-electron chi connectivity index (χ4n) is 3.21. The molecule has 1 atom stereocenters. The fraction of sp³-hybridized carbons (Fsp3) is 0.304. The van der Waals surface area contributed by atoms with Crippen LogP contribution in [0.25, 0.3) is 11.4 Å². The molecular weight excluding hydrogens is 380 g/mol. The summed E-state index contributed by atoms with van der Waals surface area (Å²) in [6.45, 7) is 6.26. The van der Waals surface area contributed by atoms with Crippen LogP contribution in [-0.4, -0.2) is 27.5 Å². The SMILES string of the molecule is CCOc1ccc(C(C)NC(=O)CCc2c(C)nc(-c3ccncc3)[nH]c2=O)cc1. The van der Waals surface area contributed by atoms with Gasteiger partial charge in [0, 0.05) is 35.6 Å². The maximum absolute atomic E-state index is 12.5. The predicted octanol–water partition coefficient (Wildman–Crippen LogP) is 3.35. The van der Waals surface area contributed by atoms with Crippen molar-refractivity contribution >= 4 is 5.91 Å². The summed E-state index contributed by atoms with van der Waals surface area (Å²) in [5.41, 5.74) is 2.71. The van der Waals surface area contributed by atoms with Gasteiger partial charge >= 0.3 is 0 Å². The van der Waals surface area contributed by atoms with Gasteiger partial charge in [0.25, 0.3) is 5.56 Å². The molecule has 0 bridgehead atoms. The molecular formula is C23H26N4O3. The van der Waals surface area contributed by atoms with Gasteiger partial charge in [-0.05, 0) is 57.0 Å². The summed E-state index contributed by atoms with van der Waals surface area (Å²) < 4.78 is 5.44. The van der Waals surface area contributed by atoms with E-state index in [1.54, 1.807) is 31.5 Å². The van der Waals surface area contributed by atoms with Crippen LogP contribution in [0.1, 0.15) is 43.1 Å². The lowest BCUT2D eigenvalue weighted by atomic mass is 10.1. The Labute approximate surface area is 175 Å². The molecule has 2 heterocycles. The molecule has 1 aromatic carbocycles. The summed E-state index contributed by atoms with van der Waals surface area (Å²) in [6.07, 6.45) is 3.83. The van der Waals surface area contributed by atoms with Gasteiger partial charge in [0.1, 0.15) is 11.6 Å². The predicted molar refractivity (Wildman–Crippen MR) is 115 cm³/mol. The summed E-state index contributed by atoms with van der Waals surface area (Å²) in [5.74, 6) is 1.18. The van der Waals surface area contributed by atoms with Gasteiger partial charge in [-0.3, -0.25) is 14.6 Å². The number of carbonyl (C=O) groups is 1. The Bertz CT molecular complexity index is 1050. The van der Waals surface area contributed by atoms with Crippen molar-refractivity contribution in [2.75, 3.05) is 6.61 Å². The first kappa shape index (κ1) is 21.2. The number of aromatic nitrogens is 3. The molecule has 2 N–H and O–H groups in total. The molecule has 0 aliphatic carbocycles. The van der Waals surface area contributed by atoms with Crippen molar-refractivity contribution in [3.8, 4) is 17.1 Å². The molecule has 3 rings (SSSR count). The van der Waals surface area contributed by atoms with E-state index in [1.165, 1.54) is 0 Å². The average Bonchev–Trinajstić information content (AvgIpc) is 2.74. The van der Waals surface area contributed by atoms with Gasteiger partial charge in [-0.1, -0.05) is 12.1 Å². The van der Waals surface area contributed by atoms with Gasteiger partial charge in [0.2, 0.25) is 5.91 Å². The Morgan fingerprint density at radius 1 is 1.17 bits per heavy atom. The Morgan fingerprint density at radius 3 is 2.50 bits per heavy atom. The third-order valence-electron chi connectivity index (χ3n) is 4.85. The Hall–Kier alpha value is -3.48. The van der Waals surface area contributed by atoms with Crippen LogP contribution in [0.15, 0.2) is 53.6 Å². The molecule has 0 saturated carbocycles. The van der Waals surface area contributed by atoms with Gasteiger partial charge < -0.3 is 15.0 Å². The molecule has 7 heteroatoms. The second kappa shape index (κ2) is 9.82. The van der Waals surface area contributed by atoms with Crippen molar-refractivity contribution in [3.63, 3.8) is 0 Å². The fourth-order valence-corrected chi connectivity index (χ4v) is 3.21. The van der Waals surface area contributed by atoms with Crippen LogP contribution in [0, 0.1) is 6.92 Å². The van der Waals surface area contributed by atoms with Gasteiger partial charge in [-0.15, -0.1) is 0 Å². The van der Waals surface area contributed by atoms with Crippen molar-refractivity contribution in [1.82, 2.24) is 20.3 Å². The highest BCUT2D eigenvalue weighted by Gasteiger charge is 2.14. The van der Waals surface area contributed by atoms with Crippen molar-refractivity contribution < 1.29 is 9.53 Å². The molecule has 3 aromatic rings. The first-order chi connectivity index (χ1) is 14.5. The number of pyridine rings is 1. The molecule has 30 heavy (non-hydrogen) atoms. The molecule has 156 valence electrons. The molecule has 7 nitrogen and oxygen atoms in total. The summed E-state index contributed by atoms with van der Waals surface area (Å²) in [6, 6.07) is 11.1. The molecule has 0 aliphatic heterocycles. The van der Waals surface area contributed by atoms with Gasteiger partial charge in [-0.2, -0.15) is 0 Å². The van der Waals surface area contributed by atoms with Crippen LogP contribution in [0.3, 0.4) is 0 Å². The molecule has 0 saturated heterocycles. The zero-order valence-electron chi connectivity index (χ0n) is 17.4. The Kier molecular flexibility index (Phi) is 6.95. The van der Waals surface area contributed by atoms with Gasteiger partial charge in [0.15, 0.2) is 0 Å². The molecule has 2 aromatic heterocycles. The maximum Gasteiger partial charge on any atom is 0.254 e. The number of H-pyrrole nitrogens is 1. The monoisotopic (exact) mass is 406 g/mol. The lowest BCUT2D eigenvalue weighted by Crippen LogP contribution is -2.28. The van der Waals surface area contributed by atoms with E-state index in [9.17, 15) is 9.59 Å². The normalized spacial score (nSPS) is 11.7. The average molecular weight is 406 g/mol. The molecule has 0 aliphatic rings. The number of nitrogens with one attached hydrogen (secondary N) is 2. The molecule has 0 fully saturated rings. The minimum Gasteiger partial charge on any atom is -0.494 e. The minimum absolute atomic E-state index is 0.117. The van der Waals surface area contributed by atoms with Crippen LogP contribution in [0.5, 0.6) is 5.75 Å². The maximum atomic E-state index is 12.5. The zero-order chi connectivity index (χ0) is 21.5. The van der Waals surface area contributed by atoms with E-state index in [4.69, 9.17) is 4.74 Å². The second-order valence-corrected chi connectivity index (χ2v) is 7.01. The van der Waals surface area contributed by atoms with Crippen molar-refractivity contribution in [3.05, 3.63) is 76.0 Å². The Balaban J connectivity index is 1.61. The molecule has 0 radical (unpaired) electrons. The second-order valence-electron chi connectivity index (χ2n) is 7.01. The van der Waals surface area contributed by atoms with Gasteiger partial charge in [0.05, 0.1) is 12.6 Å². The summed E-state index contributed by atoms with van der Waals surface area (Å²) in [5, 5.41) is 2.97. The van der Waals surface area contributed by atoms with E-state index in [-0.39, 0.29) is 23.9 Å². The number of aryl methyl sites for hydroxylation is 1. The number of carbonyl (C=O) groups excluding carboxylic acids is 1. The van der Waals surface area contributed by atoms with E-state index in [1.807, 2.05) is 38.1 Å². The lowest BCUT2D eigenvalue weighted by Gasteiger charge is -2.15. The Morgan fingerprint density at radius 2 is 1.87 bits per heavy atom. The third kappa shape index (κ3) is 5.31. The number of benzene rings is 1. The zero-order valence-corrected chi connectivity index (χ0v) is 17.4. The van der Waals surface area contributed by atoms with E-state index in [0.29, 0.717) is 30.1 Å². The molecule has 1 unspecified atom stereocenters. The highest BCUT2D eigenvalue weighted by molar-refractivity contribution is 5.76. The first-order valence-electron chi connectivity index (χ1n) is 10.00. The van der Waals surface area contributed by atoms with E-state index < -0.39 is 0 Å². The largest absolute Gasteiger partial charge is 0.494 e. The van der Waals surface area contributed by atoms with Crippen molar-refractivity contribution in [2.45, 2.75) is 39.7 Å². The molecule has 1 amide bonds. The number of aromatic amines is 1. The number of hydrogen-bond donors (Lipinski definition) is 2. The van der Waals surface area contributed by atoms with Crippen molar-refractivity contribution in [1.29, 1.82) is 0 Å². The number of rotatable bonds is 8. The van der Waals surface area contributed by atoms with Crippen LogP contribution >= 0.6 is 0 Å². The minimum atomic E-state index is -0.221. The first-order valence-corrected chi connectivity index (χ1v) is 10.00. The van der Waals surface area contributed by atoms with Crippen LogP contribution in [0.2, 0.25) is 0 Å². The number of nitrogens with zero attached hydrogens (tertiary/aromatic N) is 2. The van der Waals surface area contributed by atoms with Crippen molar-refractivity contribution in [2.24, 2.45) is 0 Å². The third-order valence-corrected chi connectivity index (χ3v) is 4.85. The van der Waals surface area contributed by atoms with Crippen LogP contribution in [0.4, 0.5) is 0 Å². The number of hydrogen-bond acceptors (Lipinski definition) is 5.